The average molecular weight is 240 g/mol. The second-order valence-corrected chi connectivity index (χ2v) is 5.44. The third-order valence-electron chi connectivity index (χ3n) is 2.63. The van der Waals surface area contributed by atoms with Gasteiger partial charge in [0.1, 0.15) is 17.2 Å². The highest BCUT2D eigenvalue weighted by Gasteiger charge is 2.14. The van der Waals surface area contributed by atoms with Crippen molar-refractivity contribution in [1.29, 1.82) is 0 Å². The Hall–Kier alpha value is -0.810. The Balaban J connectivity index is 2.95. The second-order valence-electron chi connectivity index (χ2n) is 4.07. The molecule has 0 aromatic carbocycles. The first-order chi connectivity index (χ1) is 7.60. The van der Waals surface area contributed by atoms with Gasteiger partial charge in [0, 0.05) is 10.8 Å². The zero-order valence-electron chi connectivity index (χ0n) is 10.3. The van der Waals surface area contributed by atoms with E-state index in [0.29, 0.717) is 11.2 Å². The van der Waals surface area contributed by atoms with Crippen LogP contribution >= 0.6 is 11.8 Å². The van der Waals surface area contributed by atoms with E-state index in [0.717, 1.165) is 22.8 Å². The van der Waals surface area contributed by atoms with Crippen molar-refractivity contribution in [1.82, 2.24) is 9.97 Å². The lowest BCUT2D eigenvalue weighted by molar-refractivity contribution is 0.641. The van der Waals surface area contributed by atoms with Crippen LogP contribution in [-0.2, 0) is 6.42 Å². The van der Waals surface area contributed by atoms with Crippen LogP contribution in [0.1, 0.15) is 33.3 Å². The molecule has 0 radical (unpaired) electrons. The van der Waals surface area contributed by atoms with Crippen molar-refractivity contribution < 1.29 is 0 Å². The maximum absolute atomic E-state index is 5.44. The fourth-order valence-electron chi connectivity index (χ4n) is 1.25. The molecule has 1 heterocycles. The van der Waals surface area contributed by atoms with Gasteiger partial charge in [-0.25, -0.2) is 15.8 Å². The average Bonchev–Trinajstić information content (AvgIpc) is 2.28. The zero-order valence-corrected chi connectivity index (χ0v) is 11.1. The fourth-order valence-corrected chi connectivity index (χ4v) is 2.37. The second kappa shape index (κ2) is 6.06. The SMILES string of the molecule is CCc1c(NN)ncnc1SC(C)C(C)C. The van der Waals surface area contributed by atoms with E-state index in [9.17, 15) is 0 Å². The minimum absolute atomic E-state index is 0.533. The van der Waals surface area contributed by atoms with Crippen LogP contribution in [0.4, 0.5) is 5.82 Å². The van der Waals surface area contributed by atoms with Crippen LogP contribution < -0.4 is 11.3 Å². The highest BCUT2D eigenvalue weighted by atomic mass is 32.2. The van der Waals surface area contributed by atoms with E-state index in [-0.39, 0.29) is 0 Å². The van der Waals surface area contributed by atoms with Gasteiger partial charge in [-0.2, -0.15) is 0 Å². The van der Waals surface area contributed by atoms with Crippen LogP contribution in [0.15, 0.2) is 11.4 Å². The lowest BCUT2D eigenvalue weighted by Crippen LogP contribution is -2.13. The Bertz CT molecular complexity index is 341. The lowest BCUT2D eigenvalue weighted by atomic mass is 10.2. The van der Waals surface area contributed by atoms with Gasteiger partial charge in [-0.1, -0.05) is 27.7 Å². The molecule has 1 atom stereocenters. The molecule has 16 heavy (non-hydrogen) atoms. The molecule has 0 saturated carbocycles. The molecule has 0 bridgehead atoms. The molecule has 0 aliphatic carbocycles. The van der Waals surface area contributed by atoms with Gasteiger partial charge in [0.25, 0.3) is 0 Å². The summed E-state index contributed by atoms with van der Waals surface area (Å²) in [5.74, 6) is 6.79. The Labute approximate surface area is 101 Å². The molecule has 90 valence electrons. The zero-order chi connectivity index (χ0) is 12.1. The highest BCUT2D eigenvalue weighted by molar-refractivity contribution is 7.99. The molecule has 1 aromatic rings. The van der Waals surface area contributed by atoms with Gasteiger partial charge >= 0.3 is 0 Å². The number of rotatable bonds is 5. The summed E-state index contributed by atoms with van der Waals surface area (Å²) < 4.78 is 0. The van der Waals surface area contributed by atoms with Gasteiger partial charge in [0.2, 0.25) is 0 Å². The maximum atomic E-state index is 5.44. The number of anilines is 1. The molecule has 0 amide bonds. The summed E-state index contributed by atoms with van der Waals surface area (Å²) in [5, 5.41) is 1.57. The van der Waals surface area contributed by atoms with Crippen molar-refractivity contribution in [2.45, 2.75) is 44.4 Å². The number of aromatic nitrogens is 2. The molecule has 5 heteroatoms. The van der Waals surface area contributed by atoms with Crippen molar-refractivity contribution in [2.75, 3.05) is 5.43 Å². The summed E-state index contributed by atoms with van der Waals surface area (Å²) in [6.45, 7) is 8.73. The quantitative estimate of drug-likeness (QED) is 0.358. The monoisotopic (exact) mass is 240 g/mol. The summed E-state index contributed by atoms with van der Waals surface area (Å²) in [6, 6.07) is 0. The number of nitrogens with zero attached hydrogens (tertiary/aromatic N) is 2. The molecule has 0 aliphatic heterocycles. The third-order valence-corrected chi connectivity index (χ3v) is 4.12. The molecular formula is C11H20N4S. The van der Waals surface area contributed by atoms with Crippen molar-refractivity contribution in [3.63, 3.8) is 0 Å². The van der Waals surface area contributed by atoms with Crippen LogP contribution in [0.2, 0.25) is 0 Å². The van der Waals surface area contributed by atoms with Crippen LogP contribution in [0.3, 0.4) is 0 Å². The first-order valence-corrected chi connectivity index (χ1v) is 6.45. The molecular weight excluding hydrogens is 220 g/mol. The minimum Gasteiger partial charge on any atom is -0.308 e. The Morgan fingerprint density at radius 2 is 2.06 bits per heavy atom. The lowest BCUT2D eigenvalue weighted by Gasteiger charge is -2.17. The largest absolute Gasteiger partial charge is 0.308 e. The normalized spacial score (nSPS) is 12.9. The topological polar surface area (TPSA) is 63.8 Å². The number of hydrazine groups is 1. The van der Waals surface area contributed by atoms with Crippen LogP contribution in [0, 0.1) is 5.92 Å². The molecule has 0 fully saturated rings. The summed E-state index contributed by atoms with van der Waals surface area (Å²) in [7, 11) is 0. The third kappa shape index (κ3) is 3.09. The van der Waals surface area contributed by atoms with Crippen molar-refractivity contribution in [2.24, 2.45) is 11.8 Å². The van der Waals surface area contributed by atoms with E-state index in [1.807, 2.05) is 0 Å². The van der Waals surface area contributed by atoms with Gasteiger partial charge < -0.3 is 5.43 Å². The Morgan fingerprint density at radius 1 is 1.38 bits per heavy atom. The van der Waals surface area contributed by atoms with Crippen LogP contribution in [0.5, 0.6) is 0 Å². The van der Waals surface area contributed by atoms with Gasteiger partial charge in [-0.15, -0.1) is 11.8 Å². The van der Waals surface area contributed by atoms with Crippen molar-refractivity contribution >= 4 is 17.6 Å². The van der Waals surface area contributed by atoms with E-state index in [1.54, 1.807) is 18.1 Å². The predicted octanol–water partition coefficient (Wildman–Crippen LogP) is 2.46. The van der Waals surface area contributed by atoms with E-state index in [2.05, 4.69) is 43.1 Å². The fraction of sp³-hybridized carbons (Fsp3) is 0.636. The van der Waals surface area contributed by atoms with Crippen LogP contribution in [0.25, 0.3) is 0 Å². The number of nitrogens with two attached hydrogens (primary N) is 1. The summed E-state index contributed by atoms with van der Waals surface area (Å²) in [6.07, 6.45) is 2.44. The number of nitrogen functional groups attached to an aromatic ring is 1. The molecule has 0 saturated heterocycles. The minimum atomic E-state index is 0.533. The number of hydrogen-bond donors (Lipinski definition) is 2. The molecule has 0 spiro atoms. The smallest absolute Gasteiger partial charge is 0.147 e. The molecule has 1 rings (SSSR count). The van der Waals surface area contributed by atoms with Gasteiger partial charge in [-0.3, -0.25) is 0 Å². The molecule has 0 aliphatic rings. The van der Waals surface area contributed by atoms with E-state index in [4.69, 9.17) is 5.84 Å². The standard InChI is InChI=1S/C11H20N4S/c1-5-9-10(15-12)13-6-14-11(9)16-8(4)7(2)3/h6-8H,5,12H2,1-4H3,(H,13,14,15). The van der Waals surface area contributed by atoms with Crippen LogP contribution in [-0.4, -0.2) is 15.2 Å². The highest BCUT2D eigenvalue weighted by Crippen LogP contribution is 2.31. The number of thioether (sulfide) groups is 1. The Morgan fingerprint density at radius 3 is 2.56 bits per heavy atom. The molecule has 4 nitrogen and oxygen atoms in total. The van der Waals surface area contributed by atoms with Crippen molar-refractivity contribution in [3.8, 4) is 0 Å². The first-order valence-electron chi connectivity index (χ1n) is 5.57. The van der Waals surface area contributed by atoms with Gasteiger partial charge in [-0.05, 0) is 12.3 Å². The molecule has 3 N–H and O–H groups in total. The maximum Gasteiger partial charge on any atom is 0.147 e. The van der Waals surface area contributed by atoms with Gasteiger partial charge in [0.15, 0.2) is 0 Å². The summed E-state index contributed by atoms with van der Waals surface area (Å²) in [5.41, 5.74) is 3.72. The van der Waals surface area contributed by atoms with E-state index in [1.165, 1.54) is 0 Å². The number of hydrogen-bond acceptors (Lipinski definition) is 5. The van der Waals surface area contributed by atoms with E-state index >= 15 is 0 Å². The summed E-state index contributed by atoms with van der Waals surface area (Å²) >= 11 is 1.79. The molecule has 1 aromatic heterocycles. The predicted molar refractivity (Wildman–Crippen MR) is 69.4 cm³/mol. The first kappa shape index (κ1) is 13.3. The number of nitrogens with one attached hydrogen (secondary N) is 1. The van der Waals surface area contributed by atoms with Crippen molar-refractivity contribution in [3.05, 3.63) is 11.9 Å². The molecule has 1 unspecified atom stereocenters. The summed E-state index contributed by atoms with van der Waals surface area (Å²) in [4.78, 5) is 8.46. The van der Waals surface area contributed by atoms with E-state index < -0.39 is 0 Å². The Kier molecular flexibility index (Phi) is 5.02. The van der Waals surface area contributed by atoms with Gasteiger partial charge in [0.05, 0.1) is 0 Å².